The van der Waals surface area contributed by atoms with Crippen LogP contribution < -0.4 is 5.32 Å². The Bertz CT molecular complexity index is 674. The fourth-order valence-electron chi connectivity index (χ4n) is 1.84. The second-order valence-electron chi connectivity index (χ2n) is 4.26. The maximum absolute atomic E-state index is 9.13. The first-order valence-electron chi connectivity index (χ1n) is 6.32. The van der Waals surface area contributed by atoms with Crippen molar-refractivity contribution in [3.63, 3.8) is 0 Å². The zero-order valence-electron chi connectivity index (χ0n) is 11.2. The van der Waals surface area contributed by atoms with Gasteiger partial charge in [-0.2, -0.15) is 10.5 Å². The number of imidazole rings is 1. The van der Waals surface area contributed by atoms with Gasteiger partial charge in [0.05, 0.1) is 11.9 Å². The summed E-state index contributed by atoms with van der Waals surface area (Å²) in [7, 11) is 0. The summed E-state index contributed by atoms with van der Waals surface area (Å²) >= 11 is 0. The zero-order valence-corrected chi connectivity index (χ0v) is 11.2. The van der Waals surface area contributed by atoms with Gasteiger partial charge in [0.25, 0.3) is 0 Å². The molecule has 6 heteroatoms. The number of nitrogens with one attached hydrogen (secondary N) is 1. The molecule has 0 fully saturated rings. The molecule has 2 aromatic rings. The van der Waals surface area contributed by atoms with E-state index in [1.807, 2.05) is 18.2 Å². The first-order chi connectivity index (χ1) is 9.80. The minimum Gasteiger partial charge on any atom is -0.313 e. The third kappa shape index (κ3) is 2.82. The molecule has 0 unspecified atom stereocenters. The lowest BCUT2D eigenvalue weighted by Gasteiger charge is -2.07. The van der Waals surface area contributed by atoms with E-state index >= 15 is 0 Å². The Morgan fingerprint density at radius 1 is 1.30 bits per heavy atom. The zero-order chi connectivity index (χ0) is 14.4. The molecule has 0 radical (unpaired) electrons. The second-order valence-corrected chi connectivity index (χ2v) is 4.26. The van der Waals surface area contributed by atoms with E-state index in [9.17, 15) is 0 Å². The number of aromatic nitrogens is 3. The molecular formula is C14H14N6. The minimum absolute atomic E-state index is 0.127. The van der Waals surface area contributed by atoms with Crippen LogP contribution in [-0.4, -0.2) is 21.1 Å². The monoisotopic (exact) mass is 266 g/mol. The molecule has 6 nitrogen and oxygen atoms in total. The van der Waals surface area contributed by atoms with E-state index in [0.29, 0.717) is 0 Å². The van der Waals surface area contributed by atoms with Crippen molar-refractivity contribution in [2.75, 3.05) is 6.54 Å². The van der Waals surface area contributed by atoms with E-state index in [1.54, 1.807) is 17.0 Å². The molecule has 20 heavy (non-hydrogen) atoms. The topological polar surface area (TPSA) is 90.3 Å². The highest BCUT2D eigenvalue weighted by atomic mass is 15.1. The summed E-state index contributed by atoms with van der Waals surface area (Å²) in [6.07, 6.45) is 5.96. The molecule has 0 saturated carbocycles. The highest BCUT2D eigenvalue weighted by molar-refractivity contribution is 5.44. The standard InChI is InChI=1S/C14H14N6/c1-2-3-17-7-11-4-12(9-18-8-11)20-10-19-13(5-15)14(20)6-16/h4,8-10,17H,2-3,7H2,1H3. The number of nitrogens with zero attached hydrogens (tertiary/aromatic N) is 5. The van der Waals surface area contributed by atoms with E-state index in [2.05, 4.69) is 22.2 Å². The lowest BCUT2D eigenvalue weighted by Crippen LogP contribution is -2.14. The lowest BCUT2D eigenvalue weighted by atomic mass is 10.2. The van der Waals surface area contributed by atoms with Gasteiger partial charge in [-0.3, -0.25) is 9.55 Å². The fourth-order valence-corrected chi connectivity index (χ4v) is 1.84. The Morgan fingerprint density at radius 2 is 2.15 bits per heavy atom. The third-order valence-corrected chi connectivity index (χ3v) is 2.79. The Balaban J connectivity index is 2.30. The van der Waals surface area contributed by atoms with Crippen LogP contribution in [0.5, 0.6) is 0 Å². The van der Waals surface area contributed by atoms with Gasteiger partial charge in [0.1, 0.15) is 18.5 Å². The van der Waals surface area contributed by atoms with Crippen LogP contribution in [0.3, 0.4) is 0 Å². The Hall–Kier alpha value is -2.70. The summed E-state index contributed by atoms with van der Waals surface area (Å²) in [5, 5.41) is 21.3. The van der Waals surface area contributed by atoms with E-state index in [0.717, 1.165) is 30.8 Å². The van der Waals surface area contributed by atoms with E-state index in [4.69, 9.17) is 10.5 Å². The molecule has 0 atom stereocenters. The van der Waals surface area contributed by atoms with Crippen LogP contribution in [0, 0.1) is 22.7 Å². The van der Waals surface area contributed by atoms with Crippen molar-refractivity contribution in [3.8, 4) is 17.8 Å². The third-order valence-electron chi connectivity index (χ3n) is 2.79. The molecule has 0 bridgehead atoms. The largest absolute Gasteiger partial charge is 0.313 e. The van der Waals surface area contributed by atoms with Gasteiger partial charge in [0.2, 0.25) is 0 Å². The summed E-state index contributed by atoms with van der Waals surface area (Å²) in [6, 6.07) is 5.84. The van der Waals surface area contributed by atoms with E-state index < -0.39 is 0 Å². The van der Waals surface area contributed by atoms with Gasteiger partial charge in [0.15, 0.2) is 11.4 Å². The molecule has 0 aromatic carbocycles. The molecular weight excluding hydrogens is 252 g/mol. The highest BCUT2D eigenvalue weighted by Crippen LogP contribution is 2.14. The predicted molar refractivity (Wildman–Crippen MR) is 72.8 cm³/mol. The Morgan fingerprint density at radius 3 is 2.85 bits per heavy atom. The minimum atomic E-state index is 0.127. The van der Waals surface area contributed by atoms with Crippen molar-refractivity contribution < 1.29 is 0 Å². The second kappa shape index (κ2) is 6.46. The van der Waals surface area contributed by atoms with Gasteiger partial charge in [-0.25, -0.2) is 4.98 Å². The molecule has 1 N–H and O–H groups in total. The molecule has 0 amide bonds. The Labute approximate surface area is 117 Å². The average molecular weight is 266 g/mol. The SMILES string of the molecule is CCCNCc1cncc(-n2cnc(C#N)c2C#N)c1. The van der Waals surface area contributed by atoms with Crippen molar-refractivity contribution >= 4 is 0 Å². The van der Waals surface area contributed by atoms with Gasteiger partial charge in [0, 0.05) is 12.7 Å². The summed E-state index contributed by atoms with van der Waals surface area (Å²) in [5.74, 6) is 0. The van der Waals surface area contributed by atoms with E-state index in [-0.39, 0.29) is 11.4 Å². The molecule has 100 valence electrons. The summed E-state index contributed by atoms with van der Waals surface area (Å²) in [6.45, 7) is 3.77. The number of pyridine rings is 1. The van der Waals surface area contributed by atoms with Crippen molar-refractivity contribution in [1.82, 2.24) is 19.9 Å². The number of rotatable bonds is 5. The predicted octanol–water partition coefficient (Wildman–Crippen LogP) is 1.51. The first kappa shape index (κ1) is 13.7. The fraction of sp³-hybridized carbons (Fsp3) is 0.286. The van der Waals surface area contributed by atoms with Gasteiger partial charge in [-0.15, -0.1) is 0 Å². The number of hydrogen-bond donors (Lipinski definition) is 1. The van der Waals surface area contributed by atoms with Crippen LogP contribution in [0.25, 0.3) is 5.69 Å². The number of nitriles is 2. The van der Waals surface area contributed by atoms with E-state index in [1.165, 1.54) is 6.33 Å². The van der Waals surface area contributed by atoms with Crippen LogP contribution in [-0.2, 0) is 6.54 Å². The average Bonchev–Trinajstić information content (AvgIpc) is 2.90. The van der Waals surface area contributed by atoms with Crippen LogP contribution >= 0.6 is 0 Å². The molecule has 0 saturated heterocycles. The van der Waals surface area contributed by atoms with Crippen LogP contribution in [0.15, 0.2) is 24.8 Å². The van der Waals surface area contributed by atoms with Crippen molar-refractivity contribution in [2.24, 2.45) is 0 Å². The van der Waals surface area contributed by atoms with Crippen LogP contribution in [0.2, 0.25) is 0 Å². The maximum Gasteiger partial charge on any atom is 0.177 e. The summed E-state index contributed by atoms with van der Waals surface area (Å²) in [4.78, 5) is 8.09. The molecule has 0 spiro atoms. The van der Waals surface area contributed by atoms with Crippen molar-refractivity contribution in [3.05, 3.63) is 41.7 Å². The number of hydrogen-bond acceptors (Lipinski definition) is 5. The molecule has 2 heterocycles. The molecule has 0 aliphatic heterocycles. The normalized spacial score (nSPS) is 9.95. The lowest BCUT2D eigenvalue weighted by molar-refractivity contribution is 0.673. The van der Waals surface area contributed by atoms with Crippen molar-refractivity contribution in [2.45, 2.75) is 19.9 Å². The maximum atomic E-state index is 9.13. The van der Waals surface area contributed by atoms with Crippen LogP contribution in [0.1, 0.15) is 30.3 Å². The smallest absolute Gasteiger partial charge is 0.177 e. The van der Waals surface area contributed by atoms with Crippen molar-refractivity contribution in [1.29, 1.82) is 10.5 Å². The quantitative estimate of drug-likeness (QED) is 0.828. The first-order valence-corrected chi connectivity index (χ1v) is 6.32. The molecule has 0 aliphatic carbocycles. The summed E-state index contributed by atoms with van der Waals surface area (Å²) < 4.78 is 1.58. The van der Waals surface area contributed by atoms with Crippen LogP contribution in [0.4, 0.5) is 0 Å². The molecule has 2 rings (SSSR count). The summed E-state index contributed by atoms with van der Waals surface area (Å²) in [5.41, 5.74) is 2.10. The van der Waals surface area contributed by atoms with Gasteiger partial charge < -0.3 is 5.32 Å². The Kier molecular flexibility index (Phi) is 4.43. The highest BCUT2D eigenvalue weighted by Gasteiger charge is 2.11. The van der Waals surface area contributed by atoms with Gasteiger partial charge in [-0.05, 0) is 24.6 Å². The molecule has 0 aliphatic rings. The van der Waals surface area contributed by atoms with Gasteiger partial charge in [-0.1, -0.05) is 6.92 Å². The van der Waals surface area contributed by atoms with Gasteiger partial charge >= 0.3 is 0 Å². The molecule has 2 aromatic heterocycles.